The number of nitrogens with two attached hydrogens (primary N) is 1. The number of carbonyl (C=O) groups is 1. The first-order chi connectivity index (χ1) is 9.03. The third-order valence-corrected chi connectivity index (χ3v) is 3.31. The molecule has 1 amide bonds. The highest BCUT2D eigenvalue weighted by Crippen LogP contribution is 2.17. The Hall–Kier alpha value is -1.00. The molecule has 0 atom stereocenters. The average Bonchev–Trinajstić information content (AvgIpc) is 2.86. The Labute approximate surface area is 128 Å². The Morgan fingerprint density at radius 2 is 1.95 bits per heavy atom. The van der Waals surface area contributed by atoms with Crippen LogP contribution in [0.15, 0.2) is 16.7 Å². The molecular weight excluding hydrogens is 276 g/mol. The van der Waals surface area contributed by atoms with E-state index in [-0.39, 0.29) is 24.4 Å². The number of halogens is 1. The van der Waals surface area contributed by atoms with Crippen molar-refractivity contribution in [3.05, 3.63) is 23.7 Å². The quantitative estimate of drug-likeness (QED) is 0.839. The number of furan rings is 1. The van der Waals surface area contributed by atoms with Crippen LogP contribution in [0.25, 0.3) is 0 Å². The zero-order valence-corrected chi connectivity index (χ0v) is 13.7. The Morgan fingerprint density at radius 1 is 1.35 bits per heavy atom. The molecule has 1 aromatic rings. The van der Waals surface area contributed by atoms with Gasteiger partial charge in [0, 0.05) is 12.6 Å². The second-order valence-electron chi connectivity index (χ2n) is 5.33. The predicted molar refractivity (Wildman–Crippen MR) is 84.1 cm³/mol. The fraction of sp³-hybridized carbons (Fsp3) is 0.667. The van der Waals surface area contributed by atoms with Gasteiger partial charge in [-0.25, -0.2) is 0 Å². The first-order valence-corrected chi connectivity index (χ1v) is 7.11. The minimum absolute atomic E-state index is 0. The van der Waals surface area contributed by atoms with Crippen LogP contribution in [0.5, 0.6) is 0 Å². The zero-order valence-electron chi connectivity index (χ0n) is 12.9. The molecule has 0 unspecified atom stereocenters. The first-order valence-electron chi connectivity index (χ1n) is 7.11. The van der Waals surface area contributed by atoms with E-state index in [2.05, 4.69) is 27.7 Å². The van der Waals surface area contributed by atoms with Crippen LogP contribution in [0.1, 0.15) is 56.7 Å². The highest BCUT2D eigenvalue weighted by Gasteiger charge is 2.24. The molecule has 1 aromatic heterocycles. The maximum Gasteiger partial charge on any atom is 0.257 e. The number of nitrogens with zero attached hydrogens (tertiary/aromatic N) is 1. The van der Waals surface area contributed by atoms with E-state index in [4.69, 9.17) is 10.2 Å². The summed E-state index contributed by atoms with van der Waals surface area (Å²) in [6.45, 7) is 9.59. The Morgan fingerprint density at radius 3 is 2.35 bits per heavy atom. The summed E-state index contributed by atoms with van der Waals surface area (Å²) in [7, 11) is 0. The number of hydrogen-bond acceptors (Lipinski definition) is 3. The molecule has 0 radical (unpaired) electrons. The Kier molecular flexibility index (Phi) is 8.58. The smallest absolute Gasteiger partial charge is 0.257 e. The minimum Gasteiger partial charge on any atom is -0.467 e. The molecule has 4 nitrogen and oxygen atoms in total. The fourth-order valence-electron chi connectivity index (χ4n) is 2.29. The molecule has 0 aliphatic carbocycles. The fourth-order valence-corrected chi connectivity index (χ4v) is 2.29. The van der Waals surface area contributed by atoms with Crippen molar-refractivity contribution in [1.29, 1.82) is 0 Å². The third kappa shape index (κ3) is 4.84. The van der Waals surface area contributed by atoms with Crippen molar-refractivity contribution in [2.45, 2.75) is 53.1 Å². The Bertz CT molecular complexity index is 400. The maximum atomic E-state index is 12.6. The van der Waals surface area contributed by atoms with Crippen LogP contribution in [-0.4, -0.2) is 23.4 Å². The van der Waals surface area contributed by atoms with Crippen molar-refractivity contribution in [3.8, 4) is 0 Å². The van der Waals surface area contributed by atoms with Gasteiger partial charge < -0.3 is 15.1 Å². The van der Waals surface area contributed by atoms with Gasteiger partial charge in [-0.05, 0) is 24.8 Å². The van der Waals surface area contributed by atoms with Gasteiger partial charge in [0.15, 0.2) is 0 Å². The average molecular weight is 303 g/mol. The van der Waals surface area contributed by atoms with Crippen LogP contribution in [0.3, 0.4) is 0 Å². The molecule has 20 heavy (non-hydrogen) atoms. The lowest BCUT2D eigenvalue weighted by molar-refractivity contribution is 0.0639. The maximum absolute atomic E-state index is 12.6. The minimum atomic E-state index is 0. The lowest BCUT2D eigenvalue weighted by Gasteiger charge is -2.31. The van der Waals surface area contributed by atoms with Crippen LogP contribution in [0, 0.1) is 5.92 Å². The molecule has 5 heteroatoms. The molecule has 0 spiro atoms. The molecule has 0 saturated heterocycles. The SMILES string of the molecule is CCC(CC)N(CC(C)C)C(=O)c1coc(CN)c1.Cl. The van der Waals surface area contributed by atoms with Crippen LogP contribution in [-0.2, 0) is 6.54 Å². The van der Waals surface area contributed by atoms with Gasteiger partial charge in [0.2, 0.25) is 0 Å². The van der Waals surface area contributed by atoms with Gasteiger partial charge in [-0.1, -0.05) is 27.7 Å². The van der Waals surface area contributed by atoms with Gasteiger partial charge in [0.1, 0.15) is 12.0 Å². The van der Waals surface area contributed by atoms with E-state index in [1.165, 1.54) is 6.26 Å². The molecule has 2 N–H and O–H groups in total. The molecule has 1 heterocycles. The molecule has 0 aliphatic heterocycles. The van der Waals surface area contributed by atoms with E-state index in [1.54, 1.807) is 6.07 Å². The topological polar surface area (TPSA) is 59.5 Å². The number of carbonyl (C=O) groups excluding carboxylic acids is 1. The van der Waals surface area contributed by atoms with Gasteiger partial charge in [-0.2, -0.15) is 0 Å². The van der Waals surface area contributed by atoms with Crippen molar-refractivity contribution in [3.63, 3.8) is 0 Å². The highest BCUT2D eigenvalue weighted by atomic mass is 35.5. The van der Waals surface area contributed by atoms with E-state index < -0.39 is 0 Å². The molecule has 1 rings (SSSR count). The summed E-state index contributed by atoms with van der Waals surface area (Å²) in [5, 5.41) is 0. The van der Waals surface area contributed by atoms with Crippen LogP contribution < -0.4 is 5.73 Å². The molecular formula is C15H27ClN2O2. The van der Waals surface area contributed by atoms with Gasteiger partial charge in [-0.3, -0.25) is 4.79 Å². The molecule has 0 saturated carbocycles. The molecule has 0 aliphatic rings. The number of hydrogen-bond donors (Lipinski definition) is 1. The molecule has 0 aromatic carbocycles. The van der Waals surface area contributed by atoms with Crippen molar-refractivity contribution in [2.24, 2.45) is 11.7 Å². The normalized spacial score (nSPS) is 10.8. The third-order valence-electron chi connectivity index (χ3n) is 3.31. The second-order valence-corrected chi connectivity index (χ2v) is 5.33. The van der Waals surface area contributed by atoms with Crippen molar-refractivity contribution < 1.29 is 9.21 Å². The molecule has 116 valence electrons. The van der Waals surface area contributed by atoms with E-state index in [0.717, 1.165) is 19.4 Å². The van der Waals surface area contributed by atoms with E-state index in [1.807, 2.05) is 4.90 Å². The number of rotatable bonds is 7. The van der Waals surface area contributed by atoms with Crippen LogP contribution in [0.4, 0.5) is 0 Å². The summed E-state index contributed by atoms with van der Waals surface area (Å²) in [5.41, 5.74) is 6.12. The van der Waals surface area contributed by atoms with Crippen LogP contribution >= 0.6 is 12.4 Å². The van der Waals surface area contributed by atoms with Gasteiger partial charge in [0.05, 0.1) is 12.1 Å². The summed E-state index contributed by atoms with van der Waals surface area (Å²) < 4.78 is 5.26. The summed E-state index contributed by atoms with van der Waals surface area (Å²) >= 11 is 0. The molecule has 0 bridgehead atoms. The van der Waals surface area contributed by atoms with Crippen molar-refractivity contribution in [1.82, 2.24) is 4.90 Å². The van der Waals surface area contributed by atoms with Gasteiger partial charge in [-0.15, -0.1) is 12.4 Å². The first kappa shape index (κ1) is 19.0. The van der Waals surface area contributed by atoms with Gasteiger partial charge in [0.25, 0.3) is 5.91 Å². The van der Waals surface area contributed by atoms with Crippen LogP contribution in [0.2, 0.25) is 0 Å². The lowest BCUT2D eigenvalue weighted by Crippen LogP contribution is -2.41. The number of amides is 1. The summed E-state index contributed by atoms with van der Waals surface area (Å²) in [6.07, 6.45) is 3.45. The second kappa shape index (κ2) is 9.03. The van der Waals surface area contributed by atoms with E-state index in [9.17, 15) is 4.79 Å². The largest absolute Gasteiger partial charge is 0.467 e. The predicted octanol–water partition coefficient (Wildman–Crippen LogP) is 3.45. The van der Waals surface area contributed by atoms with E-state index in [0.29, 0.717) is 23.8 Å². The Balaban J connectivity index is 0.00000361. The van der Waals surface area contributed by atoms with Crippen molar-refractivity contribution >= 4 is 18.3 Å². The lowest BCUT2D eigenvalue weighted by atomic mass is 10.1. The van der Waals surface area contributed by atoms with Crippen molar-refractivity contribution in [2.75, 3.05) is 6.54 Å². The van der Waals surface area contributed by atoms with Gasteiger partial charge >= 0.3 is 0 Å². The standard InChI is InChI=1S/C15H26N2O2.ClH/c1-5-13(6-2)17(9-11(3)4)15(18)12-7-14(8-16)19-10-12;/h7,10-11,13H,5-6,8-9,16H2,1-4H3;1H. The summed E-state index contributed by atoms with van der Waals surface area (Å²) in [4.78, 5) is 14.6. The summed E-state index contributed by atoms with van der Waals surface area (Å²) in [6, 6.07) is 2.03. The zero-order chi connectivity index (χ0) is 14.4. The highest BCUT2D eigenvalue weighted by molar-refractivity contribution is 5.94. The monoisotopic (exact) mass is 302 g/mol. The summed E-state index contributed by atoms with van der Waals surface area (Å²) in [5.74, 6) is 1.15. The molecule has 0 fully saturated rings. The van der Waals surface area contributed by atoms with E-state index >= 15 is 0 Å².